The van der Waals surface area contributed by atoms with E-state index >= 15 is 0 Å². The molecule has 0 aliphatic carbocycles. The minimum Gasteiger partial charge on any atom is -0.355 e. The number of rotatable bonds is 3. The van der Waals surface area contributed by atoms with Crippen molar-refractivity contribution in [2.24, 2.45) is 5.14 Å². The van der Waals surface area contributed by atoms with Crippen molar-refractivity contribution in [2.45, 2.75) is 11.8 Å². The van der Waals surface area contributed by atoms with Crippen LogP contribution in [-0.4, -0.2) is 13.6 Å². The fourth-order valence-electron chi connectivity index (χ4n) is 2.41. The van der Waals surface area contributed by atoms with Gasteiger partial charge >= 0.3 is 0 Å². The zero-order chi connectivity index (χ0) is 16.6. The molecule has 0 atom stereocenters. The largest absolute Gasteiger partial charge is 0.355 e. The first-order valence-corrected chi connectivity index (χ1v) is 8.27. The highest BCUT2D eigenvalue weighted by Crippen LogP contribution is 2.37. The summed E-state index contributed by atoms with van der Waals surface area (Å²) in [5, 5.41) is 9.18. The maximum Gasteiger partial charge on any atom is 0.238 e. The average molecular weight is 332 g/mol. The molecule has 3 aromatic rings. The Bertz CT molecular complexity index is 963. The van der Waals surface area contributed by atoms with Crippen LogP contribution in [0.25, 0.3) is 22.5 Å². The smallest absolute Gasteiger partial charge is 0.238 e. The second kappa shape index (κ2) is 5.60. The number of benzene rings is 2. The van der Waals surface area contributed by atoms with Crippen LogP contribution in [0.15, 0.2) is 57.9 Å². The summed E-state index contributed by atoms with van der Waals surface area (Å²) in [6.45, 7) is 1.73. The Balaban J connectivity index is 2.27. The molecule has 23 heavy (non-hydrogen) atoms. The lowest BCUT2D eigenvalue weighted by atomic mass is 10.00. The maximum atomic E-state index is 13.1. The molecule has 1 heterocycles. The normalized spacial score (nSPS) is 11.6. The molecule has 0 saturated carbocycles. The van der Waals surface area contributed by atoms with Crippen molar-refractivity contribution in [1.29, 1.82) is 0 Å². The second-order valence-electron chi connectivity index (χ2n) is 5.02. The van der Waals surface area contributed by atoms with E-state index in [4.69, 9.17) is 9.66 Å². The zero-order valence-corrected chi connectivity index (χ0v) is 13.0. The van der Waals surface area contributed by atoms with Gasteiger partial charge in [0.2, 0.25) is 10.0 Å². The van der Waals surface area contributed by atoms with Crippen LogP contribution in [0.5, 0.6) is 0 Å². The number of hydrogen-bond acceptors (Lipinski definition) is 4. The fourth-order valence-corrected chi connectivity index (χ4v) is 3.15. The lowest BCUT2D eigenvalue weighted by molar-refractivity contribution is 0.426. The Kier molecular flexibility index (Phi) is 3.75. The topological polar surface area (TPSA) is 86.2 Å². The van der Waals surface area contributed by atoms with Crippen molar-refractivity contribution in [3.8, 4) is 22.5 Å². The van der Waals surface area contributed by atoms with Crippen molar-refractivity contribution < 1.29 is 17.3 Å². The highest BCUT2D eigenvalue weighted by molar-refractivity contribution is 7.89. The van der Waals surface area contributed by atoms with Gasteiger partial charge in [-0.15, -0.1) is 0 Å². The number of nitrogens with two attached hydrogens (primary N) is 1. The van der Waals surface area contributed by atoms with Crippen LogP contribution in [0.2, 0.25) is 0 Å². The van der Waals surface area contributed by atoms with E-state index in [0.29, 0.717) is 22.4 Å². The molecule has 0 radical (unpaired) electrons. The van der Waals surface area contributed by atoms with E-state index in [-0.39, 0.29) is 16.5 Å². The van der Waals surface area contributed by atoms with E-state index in [2.05, 4.69) is 5.16 Å². The van der Waals surface area contributed by atoms with Crippen molar-refractivity contribution in [3.63, 3.8) is 0 Å². The standard InChI is InChI=1S/C16H13FN2O3S/c1-10-15(11-6-8-12(17)9-7-11)16(22-19-10)13-4-2-3-5-14(13)23(18,20)21/h2-9H,1H3,(H2,18,20,21). The number of halogens is 1. The molecule has 0 saturated heterocycles. The Hall–Kier alpha value is -2.51. The second-order valence-corrected chi connectivity index (χ2v) is 6.55. The Morgan fingerprint density at radius 2 is 1.74 bits per heavy atom. The van der Waals surface area contributed by atoms with Crippen molar-refractivity contribution >= 4 is 10.0 Å². The first-order chi connectivity index (χ1) is 10.9. The molecule has 1 aromatic heterocycles. The summed E-state index contributed by atoms with van der Waals surface area (Å²) in [6.07, 6.45) is 0. The van der Waals surface area contributed by atoms with Gasteiger partial charge in [0.15, 0.2) is 5.76 Å². The molecule has 0 unspecified atom stereocenters. The molecule has 3 rings (SSSR count). The van der Waals surface area contributed by atoms with Crippen molar-refractivity contribution in [1.82, 2.24) is 5.16 Å². The third-order valence-electron chi connectivity index (χ3n) is 3.43. The molecular formula is C16H13FN2O3S. The molecule has 0 spiro atoms. The lowest BCUT2D eigenvalue weighted by Crippen LogP contribution is -2.13. The van der Waals surface area contributed by atoms with Crippen LogP contribution in [-0.2, 0) is 10.0 Å². The van der Waals surface area contributed by atoms with Gasteiger partial charge in [0.05, 0.1) is 16.2 Å². The minimum absolute atomic E-state index is 0.0560. The summed E-state index contributed by atoms with van der Waals surface area (Å²) >= 11 is 0. The molecule has 0 aliphatic heterocycles. The summed E-state index contributed by atoms with van der Waals surface area (Å²) in [7, 11) is -3.93. The van der Waals surface area contributed by atoms with Gasteiger partial charge in [-0.2, -0.15) is 0 Å². The molecule has 118 valence electrons. The molecule has 0 amide bonds. The van der Waals surface area contributed by atoms with Gasteiger partial charge in [-0.3, -0.25) is 0 Å². The average Bonchev–Trinajstić information content (AvgIpc) is 2.89. The van der Waals surface area contributed by atoms with E-state index in [1.807, 2.05) is 0 Å². The van der Waals surface area contributed by atoms with Gasteiger partial charge < -0.3 is 4.52 Å². The fraction of sp³-hybridized carbons (Fsp3) is 0.0625. The predicted octanol–water partition coefficient (Wildman–Crippen LogP) is 3.10. The molecular weight excluding hydrogens is 319 g/mol. The summed E-state index contributed by atoms with van der Waals surface area (Å²) in [5.41, 5.74) is 2.15. The zero-order valence-electron chi connectivity index (χ0n) is 12.2. The number of primary sulfonamides is 1. The van der Waals surface area contributed by atoms with E-state index in [0.717, 1.165) is 0 Å². The van der Waals surface area contributed by atoms with Crippen LogP contribution in [0.1, 0.15) is 5.69 Å². The monoisotopic (exact) mass is 332 g/mol. The molecule has 0 fully saturated rings. The third-order valence-corrected chi connectivity index (χ3v) is 4.40. The highest BCUT2D eigenvalue weighted by atomic mass is 32.2. The number of sulfonamides is 1. The predicted molar refractivity (Wildman–Crippen MR) is 83.4 cm³/mol. The Morgan fingerprint density at radius 3 is 2.39 bits per heavy atom. The highest BCUT2D eigenvalue weighted by Gasteiger charge is 2.23. The number of aromatic nitrogens is 1. The van der Waals surface area contributed by atoms with E-state index in [9.17, 15) is 12.8 Å². The Morgan fingerprint density at radius 1 is 1.09 bits per heavy atom. The van der Waals surface area contributed by atoms with E-state index in [1.54, 1.807) is 37.3 Å². The van der Waals surface area contributed by atoms with Crippen LogP contribution in [0, 0.1) is 12.7 Å². The van der Waals surface area contributed by atoms with E-state index in [1.165, 1.54) is 18.2 Å². The number of nitrogens with zero attached hydrogens (tertiary/aromatic N) is 1. The number of hydrogen-bond donors (Lipinski definition) is 1. The van der Waals surface area contributed by atoms with Crippen LogP contribution < -0.4 is 5.14 Å². The van der Waals surface area contributed by atoms with Gasteiger partial charge in [0.1, 0.15) is 5.82 Å². The third kappa shape index (κ3) is 2.88. The van der Waals surface area contributed by atoms with Crippen LogP contribution >= 0.6 is 0 Å². The van der Waals surface area contributed by atoms with Crippen molar-refractivity contribution in [3.05, 3.63) is 60.0 Å². The van der Waals surface area contributed by atoms with Gasteiger partial charge in [-0.05, 0) is 36.8 Å². The Labute approximate surface area is 132 Å². The van der Waals surface area contributed by atoms with Gasteiger partial charge in [0.25, 0.3) is 0 Å². The van der Waals surface area contributed by atoms with Crippen LogP contribution in [0.4, 0.5) is 4.39 Å². The summed E-state index contributed by atoms with van der Waals surface area (Å²) in [5.74, 6) is -0.0897. The number of aryl methyl sites for hydroxylation is 1. The molecule has 0 aliphatic rings. The van der Waals surface area contributed by atoms with Gasteiger partial charge in [-0.25, -0.2) is 17.9 Å². The quantitative estimate of drug-likeness (QED) is 0.798. The summed E-state index contributed by atoms with van der Waals surface area (Å²) in [6, 6.07) is 12.0. The first kappa shape index (κ1) is 15.4. The molecule has 7 heteroatoms. The van der Waals surface area contributed by atoms with Gasteiger partial charge in [0, 0.05) is 5.56 Å². The molecule has 2 aromatic carbocycles. The molecule has 2 N–H and O–H groups in total. The summed E-state index contributed by atoms with van der Waals surface area (Å²) < 4.78 is 42.1. The van der Waals surface area contributed by atoms with Crippen LogP contribution in [0.3, 0.4) is 0 Å². The van der Waals surface area contributed by atoms with Crippen molar-refractivity contribution in [2.75, 3.05) is 0 Å². The molecule has 0 bridgehead atoms. The van der Waals surface area contributed by atoms with Gasteiger partial charge in [-0.1, -0.05) is 29.4 Å². The molecule has 5 nitrogen and oxygen atoms in total. The maximum absolute atomic E-state index is 13.1. The SMILES string of the molecule is Cc1noc(-c2ccccc2S(N)(=O)=O)c1-c1ccc(F)cc1. The summed E-state index contributed by atoms with van der Waals surface area (Å²) in [4.78, 5) is -0.0560. The van der Waals surface area contributed by atoms with E-state index < -0.39 is 10.0 Å². The lowest BCUT2D eigenvalue weighted by Gasteiger charge is -2.07. The minimum atomic E-state index is -3.93. The first-order valence-electron chi connectivity index (χ1n) is 6.72.